The Hall–Kier alpha value is -1.88. The quantitative estimate of drug-likeness (QED) is 0.801. The Kier molecular flexibility index (Phi) is 4.32. The maximum Gasteiger partial charge on any atom is 0.338 e. The van der Waals surface area contributed by atoms with Gasteiger partial charge >= 0.3 is 5.97 Å². The molecule has 1 aromatic rings. The molecule has 5 nitrogen and oxygen atoms in total. The Morgan fingerprint density at radius 3 is 2.67 bits per heavy atom. The second-order valence-corrected chi connectivity index (χ2v) is 6.35. The summed E-state index contributed by atoms with van der Waals surface area (Å²) in [4.78, 5) is 26.6. The number of benzene rings is 1. The number of ether oxygens (including phenoxy) is 1. The molecule has 1 heterocycles. The molecule has 0 radical (unpaired) electrons. The zero-order valence-corrected chi connectivity index (χ0v) is 13.0. The third-order valence-corrected chi connectivity index (χ3v) is 3.34. The lowest BCUT2D eigenvalue weighted by atomic mass is 9.96. The lowest BCUT2D eigenvalue weighted by Gasteiger charge is -2.33. The molecule has 21 heavy (non-hydrogen) atoms. The summed E-state index contributed by atoms with van der Waals surface area (Å²) in [5.74, 6) is -0.473. The first-order valence-corrected chi connectivity index (χ1v) is 7.08. The molecule has 2 rings (SSSR count). The number of cyclic esters (lactones) is 1. The molecule has 1 aliphatic heterocycles. The van der Waals surface area contributed by atoms with E-state index in [-0.39, 0.29) is 24.0 Å². The van der Waals surface area contributed by atoms with E-state index in [1.165, 1.54) is 0 Å². The van der Waals surface area contributed by atoms with Crippen molar-refractivity contribution in [2.75, 3.05) is 20.2 Å². The summed E-state index contributed by atoms with van der Waals surface area (Å²) < 4.78 is 5.20. The predicted octanol–water partition coefficient (Wildman–Crippen LogP) is 1.74. The molecule has 5 heteroatoms. The molecule has 0 aliphatic carbocycles. The van der Waals surface area contributed by atoms with Gasteiger partial charge < -0.3 is 10.1 Å². The minimum absolute atomic E-state index is 0.104. The van der Waals surface area contributed by atoms with Gasteiger partial charge in [-0.3, -0.25) is 9.69 Å². The summed E-state index contributed by atoms with van der Waals surface area (Å²) in [6.45, 7) is 6.61. The van der Waals surface area contributed by atoms with Crippen LogP contribution in [0.4, 0.5) is 0 Å². The van der Waals surface area contributed by atoms with E-state index < -0.39 is 6.04 Å². The highest BCUT2D eigenvalue weighted by Crippen LogP contribution is 2.26. The fraction of sp³-hybridized carbons (Fsp3) is 0.500. The highest BCUT2D eigenvalue weighted by atomic mass is 16.5. The summed E-state index contributed by atoms with van der Waals surface area (Å²) in [6.07, 6.45) is 0. The van der Waals surface area contributed by atoms with Crippen LogP contribution < -0.4 is 5.32 Å². The SMILES string of the molecule is CN1CCOC(=O)c2ccccc2C1C(=O)NC(C)(C)C. The fourth-order valence-corrected chi connectivity index (χ4v) is 2.43. The monoisotopic (exact) mass is 290 g/mol. The molecule has 1 amide bonds. The number of nitrogens with one attached hydrogen (secondary N) is 1. The Balaban J connectivity index is 2.43. The number of hydrogen-bond donors (Lipinski definition) is 1. The van der Waals surface area contributed by atoms with Gasteiger partial charge in [-0.2, -0.15) is 0 Å². The normalized spacial score (nSPS) is 20.0. The molecule has 0 aromatic heterocycles. The van der Waals surface area contributed by atoms with Crippen LogP contribution in [0.1, 0.15) is 42.7 Å². The number of carbonyl (C=O) groups excluding carboxylic acids is 2. The third-order valence-electron chi connectivity index (χ3n) is 3.34. The van der Waals surface area contributed by atoms with Crippen LogP contribution in [0.15, 0.2) is 24.3 Å². The third kappa shape index (κ3) is 3.61. The van der Waals surface area contributed by atoms with Crippen LogP contribution >= 0.6 is 0 Å². The van der Waals surface area contributed by atoms with Crippen molar-refractivity contribution >= 4 is 11.9 Å². The van der Waals surface area contributed by atoms with Crippen LogP contribution in [0.25, 0.3) is 0 Å². The van der Waals surface area contributed by atoms with Gasteiger partial charge in [0.1, 0.15) is 12.6 Å². The first-order valence-electron chi connectivity index (χ1n) is 7.08. The fourth-order valence-electron chi connectivity index (χ4n) is 2.43. The molecule has 0 fully saturated rings. The number of amides is 1. The lowest BCUT2D eigenvalue weighted by molar-refractivity contribution is -0.128. The van der Waals surface area contributed by atoms with Gasteiger partial charge in [0, 0.05) is 12.1 Å². The van der Waals surface area contributed by atoms with Crippen molar-refractivity contribution in [1.82, 2.24) is 10.2 Å². The number of esters is 1. The van der Waals surface area contributed by atoms with E-state index >= 15 is 0 Å². The lowest BCUT2D eigenvalue weighted by Crippen LogP contribution is -2.48. The molecule has 1 unspecified atom stereocenters. The second kappa shape index (κ2) is 5.85. The molecule has 1 N–H and O–H groups in total. The summed E-state index contributed by atoms with van der Waals surface area (Å²) in [6, 6.07) is 6.63. The second-order valence-electron chi connectivity index (χ2n) is 6.35. The van der Waals surface area contributed by atoms with E-state index in [0.29, 0.717) is 17.7 Å². The van der Waals surface area contributed by atoms with Crippen LogP contribution in [-0.2, 0) is 9.53 Å². The number of hydrogen-bond acceptors (Lipinski definition) is 4. The summed E-state index contributed by atoms with van der Waals surface area (Å²) in [5, 5.41) is 2.99. The maximum atomic E-state index is 12.7. The summed E-state index contributed by atoms with van der Waals surface area (Å²) in [5.41, 5.74) is 0.819. The van der Waals surface area contributed by atoms with Gasteiger partial charge in [-0.05, 0) is 39.4 Å². The standard InChI is InChI=1S/C16H22N2O3/c1-16(2,3)17-14(19)13-11-7-5-6-8-12(11)15(20)21-10-9-18(13)4/h5-8,13H,9-10H2,1-4H3,(H,17,19). The average molecular weight is 290 g/mol. The minimum atomic E-state index is -0.492. The largest absolute Gasteiger partial charge is 0.461 e. The van der Waals surface area contributed by atoms with E-state index in [4.69, 9.17) is 4.74 Å². The van der Waals surface area contributed by atoms with Crippen molar-refractivity contribution in [2.24, 2.45) is 0 Å². The van der Waals surface area contributed by atoms with Crippen molar-refractivity contribution in [3.63, 3.8) is 0 Å². The van der Waals surface area contributed by atoms with Gasteiger partial charge in [0.15, 0.2) is 0 Å². The van der Waals surface area contributed by atoms with Crippen LogP contribution in [0, 0.1) is 0 Å². The number of nitrogens with zero attached hydrogens (tertiary/aromatic N) is 1. The van der Waals surface area contributed by atoms with Crippen molar-refractivity contribution in [1.29, 1.82) is 0 Å². The zero-order valence-electron chi connectivity index (χ0n) is 13.0. The van der Waals surface area contributed by atoms with Crippen LogP contribution in [0.5, 0.6) is 0 Å². The number of fused-ring (bicyclic) bond motifs is 1. The van der Waals surface area contributed by atoms with E-state index in [1.54, 1.807) is 12.1 Å². The molecule has 1 atom stereocenters. The Bertz CT molecular complexity index is 549. The number of rotatable bonds is 1. The van der Waals surface area contributed by atoms with Gasteiger partial charge in [-0.25, -0.2) is 4.79 Å². The topological polar surface area (TPSA) is 58.6 Å². The Labute approximate surface area is 125 Å². The molecular weight excluding hydrogens is 268 g/mol. The van der Waals surface area contributed by atoms with E-state index in [2.05, 4.69) is 5.32 Å². The number of likely N-dealkylation sites (N-methyl/N-ethyl adjacent to an activating group) is 1. The molecule has 1 aliphatic rings. The predicted molar refractivity (Wildman–Crippen MR) is 80.0 cm³/mol. The van der Waals surface area contributed by atoms with Crippen molar-refractivity contribution < 1.29 is 14.3 Å². The van der Waals surface area contributed by atoms with Crippen LogP contribution in [0.2, 0.25) is 0 Å². The highest BCUT2D eigenvalue weighted by molar-refractivity contribution is 5.94. The van der Waals surface area contributed by atoms with E-state index in [0.717, 1.165) is 0 Å². The Morgan fingerprint density at radius 2 is 2.00 bits per heavy atom. The molecule has 114 valence electrons. The van der Waals surface area contributed by atoms with Crippen molar-refractivity contribution in [2.45, 2.75) is 32.4 Å². The molecule has 1 aromatic carbocycles. The average Bonchev–Trinajstić information content (AvgIpc) is 2.35. The Morgan fingerprint density at radius 1 is 1.33 bits per heavy atom. The van der Waals surface area contributed by atoms with Crippen LogP contribution in [-0.4, -0.2) is 42.5 Å². The van der Waals surface area contributed by atoms with Crippen molar-refractivity contribution in [3.8, 4) is 0 Å². The first kappa shape index (κ1) is 15.5. The summed E-state index contributed by atoms with van der Waals surface area (Å²) >= 11 is 0. The van der Waals surface area contributed by atoms with E-state index in [1.807, 2.05) is 44.9 Å². The maximum absolute atomic E-state index is 12.7. The van der Waals surface area contributed by atoms with Gasteiger partial charge in [0.2, 0.25) is 5.91 Å². The first-order chi connectivity index (χ1) is 9.79. The van der Waals surface area contributed by atoms with Crippen LogP contribution in [0.3, 0.4) is 0 Å². The zero-order chi connectivity index (χ0) is 15.6. The number of carbonyl (C=O) groups is 2. The highest BCUT2D eigenvalue weighted by Gasteiger charge is 2.32. The smallest absolute Gasteiger partial charge is 0.338 e. The van der Waals surface area contributed by atoms with E-state index in [9.17, 15) is 9.59 Å². The minimum Gasteiger partial charge on any atom is -0.461 e. The molecule has 0 saturated heterocycles. The molecule has 0 saturated carbocycles. The van der Waals surface area contributed by atoms with Gasteiger partial charge in [0.25, 0.3) is 0 Å². The molecule has 0 bridgehead atoms. The van der Waals surface area contributed by atoms with Gasteiger partial charge in [0.05, 0.1) is 5.56 Å². The molecular formula is C16H22N2O3. The van der Waals surface area contributed by atoms with Gasteiger partial charge in [-0.1, -0.05) is 18.2 Å². The summed E-state index contributed by atoms with van der Waals surface area (Å²) in [7, 11) is 1.86. The molecule has 0 spiro atoms. The van der Waals surface area contributed by atoms with Gasteiger partial charge in [-0.15, -0.1) is 0 Å². The van der Waals surface area contributed by atoms with Crippen molar-refractivity contribution in [3.05, 3.63) is 35.4 Å².